The predicted octanol–water partition coefficient (Wildman–Crippen LogP) is 8.14. The zero-order valence-corrected chi connectivity index (χ0v) is 35.4. The number of esters is 1. The number of hydrogen-bond acceptors (Lipinski definition) is 10. The molecule has 58 heavy (non-hydrogen) atoms. The van der Waals surface area contributed by atoms with Crippen LogP contribution in [0.25, 0.3) is 5.69 Å². The standard InChI is InChI=1S/C34H46N6O6.C8H6BrF3/c1-8-16-36-33-37-27-19-39(18-23-10-9-11-23)22(6)17-26(27)30(42)40(33)25-14-12-24(13-15-25)29(41)38(7)34(44)46-32(21(4)5)45-31(43)28(35)20(2)3;1-5-2-3-7(9)6(4-5)8(10,11)12/h8,12-15,18,20-22,28,32H,1,9-11,16-17,19,35H2,2-7H3,(H,36,37);2-4H,1H3/t22-,28?,32?;/m1./s1. The van der Waals surface area contributed by atoms with Crippen LogP contribution in [0.1, 0.15) is 86.6 Å². The maximum atomic E-state index is 13.9. The van der Waals surface area contributed by atoms with Gasteiger partial charge in [-0.2, -0.15) is 13.2 Å². The third-order valence-corrected chi connectivity index (χ3v) is 10.5. The van der Waals surface area contributed by atoms with E-state index in [1.807, 2.05) is 0 Å². The first-order valence-electron chi connectivity index (χ1n) is 19.1. The molecule has 1 fully saturated rings. The number of nitrogens with zero attached hydrogens (tertiary/aromatic N) is 4. The number of benzene rings is 2. The summed E-state index contributed by atoms with van der Waals surface area (Å²) in [5.74, 6) is -1.51. The van der Waals surface area contributed by atoms with E-state index in [-0.39, 0.29) is 33.5 Å². The van der Waals surface area contributed by atoms with Crippen LogP contribution >= 0.6 is 15.9 Å². The molecule has 2 unspecified atom stereocenters. The van der Waals surface area contributed by atoms with Crippen LogP contribution in [-0.2, 0) is 33.4 Å². The Morgan fingerprint density at radius 2 is 1.74 bits per heavy atom. The number of amides is 2. The molecule has 2 amide bonds. The fourth-order valence-corrected chi connectivity index (χ4v) is 6.41. The lowest BCUT2D eigenvalue weighted by Gasteiger charge is -2.35. The molecule has 2 aliphatic rings. The normalized spacial score (nSPS) is 15.9. The number of nitrogens with one attached hydrogen (secondary N) is 1. The van der Waals surface area contributed by atoms with Gasteiger partial charge in [0.25, 0.3) is 17.8 Å². The van der Waals surface area contributed by atoms with E-state index >= 15 is 0 Å². The maximum Gasteiger partial charge on any atom is 0.419 e. The number of halogens is 4. The Bertz CT molecular complexity index is 2060. The number of aromatic nitrogens is 2. The molecule has 2 aromatic carbocycles. The molecule has 3 N–H and O–H groups in total. The van der Waals surface area contributed by atoms with E-state index in [2.05, 4.69) is 45.8 Å². The molecule has 0 saturated heterocycles. The highest BCUT2D eigenvalue weighted by Gasteiger charge is 2.33. The second-order valence-electron chi connectivity index (χ2n) is 15.1. The van der Waals surface area contributed by atoms with E-state index in [1.165, 1.54) is 41.8 Å². The van der Waals surface area contributed by atoms with Gasteiger partial charge < -0.3 is 25.4 Å². The van der Waals surface area contributed by atoms with Crippen LogP contribution in [-0.4, -0.2) is 69.3 Å². The smallest absolute Gasteiger partial charge is 0.419 e. The summed E-state index contributed by atoms with van der Waals surface area (Å²) in [6.07, 6.45) is 1.45. The van der Waals surface area contributed by atoms with Crippen molar-refractivity contribution in [2.45, 2.75) is 98.3 Å². The monoisotopic (exact) mass is 872 g/mol. The molecular weight excluding hydrogens is 821 g/mol. The molecule has 1 aliphatic carbocycles. The van der Waals surface area contributed by atoms with Crippen LogP contribution in [0.4, 0.5) is 23.9 Å². The van der Waals surface area contributed by atoms with Crippen molar-refractivity contribution in [1.82, 2.24) is 19.4 Å². The number of carbonyl (C=O) groups is 3. The van der Waals surface area contributed by atoms with E-state index in [9.17, 15) is 32.3 Å². The van der Waals surface area contributed by atoms with Gasteiger partial charge in [-0.25, -0.2) is 19.2 Å². The molecule has 3 aromatic rings. The molecule has 2 heterocycles. The predicted molar refractivity (Wildman–Crippen MR) is 219 cm³/mol. The molecule has 12 nitrogen and oxygen atoms in total. The first-order valence-corrected chi connectivity index (χ1v) is 19.9. The number of hydrogen-bond donors (Lipinski definition) is 2. The summed E-state index contributed by atoms with van der Waals surface area (Å²) < 4.78 is 48.9. The van der Waals surface area contributed by atoms with Crippen LogP contribution < -0.4 is 16.6 Å². The molecule has 3 atom stereocenters. The fourth-order valence-electron chi connectivity index (χ4n) is 5.94. The van der Waals surface area contributed by atoms with Crippen LogP contribution in [0, 0.1) is 18.8 Å². The van der Waals surface area contributed by atoms with Crippen molar-refractivity contribution < 1.29 is 37.0 Å². The van der Waals surface area contributed by atoms with E-state index in [0.29, 0.717) is 42.3 Å². The zero-order valence-electron chi connectivity index (χ0n) is 33.9. The Morgan fingerprint density at radius 3 is 2.28 bits per heavy atom. The van der Waals surface area contributed by atoms with Gasteiger partial charge in [0.15, 0.2) is 0 Å². The van der Waals surface area contributed by atoms with Crippen LogP contribution in [0.15, 0.2) is 76.2 Å². The second kappa shape index (κ2) is 19.7. The number of alkyl halides is 3. The van der Waals surface area contributed by atoms with Gasteiger partial charge >= 0.3 is 18.2 Å². The molecule has 1 saturated carbocycles. The van der Waals surface area contributed by atoms with Crippen molar-refractivity contribution in [3.05, 3.63) is 110 Å². The Kier molecular flexibility index (Phi) is 15.5. The summed E-state index contributed by atoms with van der Waals surface area (Å²) in [4.78, 5) is 60.3. The van der Waals surface area contributed by atoms with Crippen molar-refractivity contribution in [2.24, 2.45) is 17.6 Å². The minimum atomic E-state index is -4.27. The van der Waals surface area contributed by atoms with Gasteiger partial charge in [0.2, 0.25) is 5.95 Å². The van der Waals surface area contributed by atoms with Gasteiger partial charge in [0.05, 0.1) is 23.5 Å². The summed E-state index contributed by atoms with van der Waals surface area (Å²) in [6, 6.07) is 9.73. The Labute approximate surface area is 345 Å². The highest BCUT2D eigenvalue weighted by molar-refractivity contribution is 9.10. The van der Waals surface area contributed by atoms with E-state index < -0.39 is 42.0 Å². The van der Waals surface area contributed by atoms with Gasteiger partial charge in [-0.3, -0.25) is 14.4 Å². The van der Waals surface area contributed by atoms with Crippen molar-refractivity contribution in [3.63, 3.8) is 0 Å². The third kappa shape index (κ3) is 11.4. The highest BCUT2D eigenvalue weighted by Crippen LogP contribution is 2.35. The first-order chi connectivity index (χ1) is 27.2. The average molecular weight is 874 g/mol. The molecule has 1 aliphatic heterocycles. The van der Waals surface area contributed by atoms with Crippen LogP contribution in [0.2, 0.25) is 0 Å². The number of imide groups is 1. The van der Waals surface area contributed by atoms with Gasteiger partial charge in [-0.1, -0.05) is 66.9 Å². The Balaban J connectivity index is 0.000000530. The molecule has 0 radical (unpaired) electrons. The minimum absolute atomic E-state index is 0.0839. The summed E-state index contributed by atoms with van der Waals surface area (Å²) in [6.45, 7) is 15.4. The quantitative estimate of drug-likeness (QED) is 0.110. The number of fused-ring (bicyclic) bond motifs is 1. The molecule has 0 bridgehead atoms. The summed E-state index contributed by atoms with van der Waals surface area (Å²) in [5.41, 5.74) is 9.21. The van der Waals surface area contributed by atoms with Crippen LogP contribution in [0.5, 0.6) is 0 Å². The number of anilines is 1. The van der Waals surface area contributed by atoms with Crippen molar-refractivity contribution in [1.29, 1.82) is 0 Å². The number of ether oxygens (including phenoxy) is 2. The lowest BCUT2D eigenvalue weighted by molar-refractivity contribution is -0.178. The van der Waals surface area contributed by atoms with Gasteiger partial charge in [-0.15, -0.1) is 6.58 Å². The van der Waals surface area contributed by atoms with Gasteiger partial charge in [0.1, 0.15) is 6.04 Å². The highest BCUT2D eigenvalue weighted by atomic mass is 79.9. The molecule has 314 valence electrons. The molecule has 0 spiro atoms. The topological polar surface area (TPSA) is 149 Å². The SMILES string of the molecule is C=CCNc1nc2c(c(=O)n1-c1ccc(C(=O)N(C)C(=O)OC(OC(=O)C(N)C(C)C)C(C)C)cc1)C[C@@H](C)N(C=C1CCC1)C2.Cc1ccc(Br)c(C(F)(F)F)c1. The number of carbonyl (C=O) groups excluding carboxylic acids is 3. The summed E-state index contributed by atoms with van der Waals surface area (Å²) in [5, 5.41) is 3.19. The summed E-state index contributed by atoms with van der Waals surface area (Å²) >= 11 is 2.85. The number of nitrogens with two attached hydrogens (primary N) is 1. The minimum Gasteiger partial charge on any atom is -0.424 e. The number of aryl methyl sites for hydroxylation is 1. The Hall–Kier alpha value is -4.96. The molecule has 16 heteroatoms. The third-order valence-electron chi connectivity index (χ3n) is 9.77. The average Bonchev–Trinajstić information content (AvgIpc) is 3.15. The van der Waals surface area contributed by atoms with Crippen LogP contribution in [0.3, 0.4) is 0 Å². The first kappa shape index (κ1) is 45.7. The summed E-state index contributed by atoms with van der Waals surface area (Å²) in [7, 11) is 1.28. The maximum absolute atomic E-state index is 13.9. The molecule has 1 aromatic heterocycles. The van der Waals surface area contributed by atoms with Gasteiger partial charge in [0, 0.05) is 41.2 Å². The molecular formula is C42H52BrF3N6O6. The van der Waals surface area contributed by atoms with E-state index in [1.54, 1.807) is 58.9 Å². The lowest BCUT2D eigenvalue weighted by Crippen LogP contribution is -2.43. The van der Waals surface area contributed by atoms with Crippen molar-refractivity contribution in [2.75, 3.05) is 18.9 Å². The van der Waals surface area contributed by atoms with E-state index in [4.69, 9.17) is 20.2 Å². The van der Waals surface area contributed by atoms with Crippen molar-refractivity contribution in [3.8, 4) is 5.69 Å². The number of allylic oxidation sites excluding steroid dienone is 1. The molecule has 5 rings (SSSR count). The number of rotatable bonds is 11. The zero-order chi connectivity index (χ0) is 43.1. The second-order valence-corrected chi connectivity index (χ2v) is 16.0. The largest absolute Gasteiger partial charge is 0.424 e. The fraction of sp³-hybridized carbons (Fsp3) is 0.452. The van der Waals surface area contributed by atoms with E-state index in [0.717, 1.165) is 29.5 Å². The van der Waals surface area contributed by atoms with Crippen molar-refractivity contribution >= 4 is 39.8 Å². The lowest BCUT2D eigenvalue weighted by atomic mass is 9.92. The van der Waals surface area contributed by atoms with Gasteiger partial charge in [-0.05, 0) is 88.0 Å². The Morgan fingerprint density at radius 1 is 1.09 bits per heavy atom.